The predicted octanol–water partition coefficient (Wildman–Crippen LogP) is 4.41. The summed E-state index contributed by atoms with van der Waals surface area (Å²) in [7, 11) is -7.08. The largest absolute Gasteiger partial charge is 0.507 e. The molecule has 0 atom stereocenters. The average molecular weight is 535 g/mol. The first-order chi connectivity index (χ1) is 17.0. The van der Waals surface area contributed by atoms with Crippen LogP contribution < -0.4 is 15.2 Å². The summed E-state index contributed by atoms with van der Waals surface area (Å²) in [5.41, 5.74) is 6.15. The van der Waals surface area contributed by atoms with Gasteiger partial charge in [0.15, 0.2) is 0 Å². The fourth-order valence-corrected chi connectivity index (χ4v) is 6.17. The highest BCUT2D eigenvalue weighted by atomic mass is 32.2. The van der Waals surface area contributed by atoms with E-state index in [1.54, 1.807) is 0 Å². The van der Waals surface area contributed by atoms with E-state index in [1.165, 1.54) is 37.4 Å². The molecule has 0 heterocycles. The molecule has 0 aromatic heterocycles. The Labute approximate surface area is 208 Å². The first-order valence-electron chi connectivity index (χ1n) is 11.1. The molecule has 0 saturated heterocycles. The number of hydrogen-bond acceptors (Lipinski definition) is 9. The lowest BCUT2D eigenvalue weighted by molar-refractivity contribution is 0.411. The summed E-state index contributed by atoms with van der Waals surface area (Å²) in [6.45, 7) is 0. The van der Waals surface area contributed by atoms with Crippen molar-refractivity contribution in [2.75, 3.05) is 12.8 Å². The van der Waals surface area contributed by atoms with Gasteiger partial charge in [0.2, 0.25) is 10.0 Å². The van der Waals surface area contributed by atoms with Crippen molar-refractivity contribution >= 4 is 48.0 Å². The third kappa shape index (κ3) is 5.43. The molecule has 0 unspecified atom stereocenters. The SMILES string of the molecule is COc1ccc(S(=O)(=O)NC2CCCCC2)c(/N=N/c2c(N)ccc3cc(S(=O)(=O)O)cc(O)c23)c1. The number of azo groups is 1. The lowest BCUT2D eigenvalue weighted by Crippen LogP contribution is -2.36. The van der Waals surface area contributed by atoms with Crippen LogP contribution >= 0.6 is 0 Å². The number of hydrogen-bond donors (Lipinski definition) is 4. The van der Waals surface area contributed by atoms with Crippen LogP contribution in [0.5, 0.6) is 11.5 Å². The van der Waals surface area contributed by atoms with Gasteiger partial charge in [-0.25, -0.2) is 13.1 Å². The van der Waals surface area contributed by atoms with Crippen molar-refractivity contribution in [3.63, 3.8) is 0 Å². The highest BCUT2D eigenvalue weighted by Gasteiger charge is 2.25. The van der Waals surface area contributed by atoms with E-state index in [1.807, 2.05) is 0 Å². The summed E-state index contributed by atoms with van der Waals surface area (Å²) in [5.74, 6) is -0.147. The standard InChI is InChI=1S/C23H26N4O7S2/c1-34-16-8-10-21(35(29,30)27-15-5-3-2-4-6-15)19(12-16)25-26-23-18(24)9-7-14-11-17(36(31,32)33)13-20(28)22(14)23/h7-13,15,27-28H,2-6,24H2,1H3,(H,31,32,33)/b26-25+. The van der Waals surface area contributed by atoms with E-state index in [0.29, 0.717) is 5.75 Å². The number of fused-ring (bicyclic) bond motifs is 1. The zero-order chi connectivity index (χ0) is 26.1. The van der Waals surface area contributed by atoms with Gasteiger partial charge in [-0.15, -0.1) is 10.2 Å². The molecule has 1 fully saturated rings. The molecule has 0 bridgehead atoms. The molecule has 11 nitrogen and oxygen atoms in total. The first-order valence-corrected chi connectivity index (χ1v) is 14.1. The minimum Gasteiger partial charge on any atom is -0.507 e. The molecule has 4 rings (SSSR count). The van der Waals surface area contributed by atoms with Crippen molar-refractivity contribution in [3.05, 3.63) is 42.5 Å². The predicted molar refractivity (Wildman–Crippen MR) is 134 cm³/mol. The number of nitrogens with two attached hydrogens (primary N) is 1. The number of nitrogens with zero attached hydrogens (tertiary/aromatic N) is 2. The molecule has 1 aliphatic carbocycles. The second-order valence-corrected chi connectivity index (χ2v) is 11.6. The van der Waals surface area contributed by atoms with E-state index in [4.69, 9.17) is 10.5 Å². The van der Waals surface area contributed by atoms with Crippen molar-refractivity contribution in [3.8, 4) is 11.5 Å². The maximum Gasteiger partial charge on any atom is 0.294 e. The topological polar surface area (TPSA) is 181 Å². The Kier molecular flexibility index (Phi) is 7.18. The van der Waals surface area contributed by atoms with Gasteiger partial charge in [0.05, 0.1) is 23.1 Å². The van der Waals surface area contributed by atoms with E-state index < -0.39 is 30.8 Å². The van der Waals surface area contributed by atoms with Crippen molar-refractivity contribution in [2.24, 2.45) is 10.2 Å². The summed E-state index contributed by atoms with van der Waals surface area (Å²) >= 11 is 0. The summed E-state index contributed by atoms with van der Waals surface area (Å²) in [4.78, 5) is -0.607. The number of methoxy groups -OCH3 is 1. The third-order valence-electron chi connectivity index (χ3n) is 6.01. The number of nitrogens with one attached hydrogen (secondary N) is 1. The normalized spacial score (nSPS) is 15.5. The fraction of sp³-hybridized carbons (Fsp3) is 0.304. The van der Waals surface area contributed by atoms with Gasteiger partial charge in [-0.05, 0) is 42.5 Å². The van der Waals surface area contributed by atoms with Crippen LogP contribution in [0.25, 0.3) is 10.8 Å². The van der Waals surface area contributed by atoms with Gasteiger partial charge in [0.25, 0.3) is 10.1 Å². The van der Waals surface area contributed by atoms with Gasteiger partial charge in [-0.3, -0.25) is 4.55 Å². The Morgan fingerprint density at radius 2 is 1.72 bits per heavy atom. The lowest BCUT2D eigenvalue weighted by atomic mass is 9.96. The Bertz CT molecular complexity index is 1550. The quantitative estimate of drug-likeness (QED) is 0.195. The smallest absolute Gasteiger partial charge is 0.294 e. The van der Waals surface area contributed by atoms with Crippen molar-refractivity contribution in [1.82, 2.24) is 4.72 Å². The molecule has 1 aliphatic rings. The number of nitrogen functional groups attached to an aromatic ring is 1. The number of sulfonamides is 1. The van der Waals surface area contributed by atoms with E-state index in [-0.39, 0.29) is 38.8 Å². The van der Waals surface area contributed by atoms with Gasteiger partial charge in [0.1, 0.15) is 27.8 Å². The summed E-state index contributed by atoms with van der Waals surface area (Å²) in [5, 5.41) is 19.1. The zero-order valence-electron chi connectivity index (χ0n) is 19.4. The van der Waals surface area contributed by atoms with Crippen LogP contribution in [0.1, 0.15) is 32.1 Å². The molecule has 13 heteroatoms. The number of phenolic OH excluding ortho intramolecular Hbond substituents is 1. The number of anilines is 1. The van der Waals surface area contributed by atoms with Crippen molar-refractivity contribution in [2.45, 2.75) is 47.9 Å². The molecular weight excluding hydrogens is 508 g/mol. The van der Waals surface area contributed by atoms with Crippen LogP contribution in [0.4, 0.5) is 17.1 Å². The van der Waals surface area contributed by atoms with E-state index in [2.05, 4.69) is 15.0 Å². The number of aromatic hydroxyl groups is 1. The van der Waals surface area contributed by atoms with Crippen LogP contribution in [0.2, 0.25) is 0 Å². The number of ether oxygens (including phenoxy) is 1. The third-order valence-corrected chi connectivity index (χ3v) is 8.41. The monoisotopic (exact) mass is 534 g/mol. The summed E-state index contributed by atoms with van der Waals surface area (Å²) in [6, 6.07) is 9.02. The Balaban J connectivity index is 1.80. The van der Waals surface area contributed by atoms with Crippen LogP contribution in [-0.4, -0.2) is 39.6 Å². The average Bonchev–Trinajstić information content (AvgIpc) is 2.83. The maximum atomic E-state index is 13.2. The second kappa shape index (κ2) is 10.0. The van der Waals surface area contributed by atoms with Crippen LogP contribution in [0, 0.1) is 0 Å². The molecule has 192 valence electrons. The number of phenols is 1. The Hall–Kier alpha value is -3.26. The second-order valence-electron chi connectivity index (χ2n) is 8.51. The molecule has 0 radical (unpaired) electrons. The molecule has 0 aliphatic heterocycles. The molecule has 1 saturated carbocycles. The van der Waals surface area contributed by atoms with Gasteiger partial charge >= 0.3 is 0 Å². The van der Waals surface area contributed by atoms with Gasteiger partial charge in [-0.2, -0.15) is 8.42 Å². The van der Waals surface area contributed by atoms with Gasteiger partial charge < -0.3 is 15.6 Å². The summed E-state index contributed by atoms with van der Waals surface area (Å²) in [6.07, 6.45) is 4.48. The Morgan fingerprint density at radius 1 is 1.00 bits per heavy atom. The zero-order valence-corrected chi connectivity index (χ0v) is 21.0. The molecular formula is C23H26N4O7S2. The van der Waals surface area contributed by atoms with Crippen molar-refractivity contribution < 1.29 is 31.2 Å². The highest BCUT2D eigenvalue weighted by molar-refractivity contribution is 7.89. The molecule has 0 amide bonds. The molecule has 36 heavy (non-hydrogen) atoms. The maximum absolute atomic E-state index is 13.2. The van der Waals surface area contributed by atoms with Crippen molar-refractivity contribution in [1.29, 1.82) is 0 Å². The lowest BCUT2D eigenvalue weighted by Gasteiger charge is -2.23. The highest BCUT2D eigenvalue weighted by Crippen LogP contribution is 2.41. The number of rotatable bonds is 7. The summed E-state index contributed by atoms with van der Waals surface area (Å²) < 4.78 is 66.8. The fourth-order valence-electron chi connectivity index (χ4n) is 4.21. The molecule has 3 aromatic carbocycles. The van der Waals surface area contributed by atoms with Gasteiger partial charge in [0, 0.05) is 18.2 Å². The number of benzene rings is 3. The van der Waals surface area contributed by atoms with Crippen LogP contribution in [0.15, 0.2) is 62.5 Å². The first kappa shape index (κ1) is 25.8. The van der Waals surface area contributed by atoms with E-state index >= 15 is 0 Å². The van der Waals surface area contributed by atoms with E-state index in [9.17, 15) is 26.5 Å². The Morgan fingerprint density at radius 3 is 2.39 bits per heavy atom. The van der Waals surface area contributed by atoms with Crippen LogP contribution in [-0.2, 0) is 20.1 Å². The minimum absolute atomic E-state index is 0.00158. The minimum atomic E-state index is -4.57. The van der Waals surface area contributed by atoms with Gasteiger partial charge in [-0.1, -0.05) is 25.3 Å². The van der Waals surface area contributed by atoms with E-state index in [0.717, 1.165) is 44.2 Å². The molecule has 3 aromatic rings. The molecule has 0 spiro atoms. The molecule has 5 N–H and O–H groups in total. The van der Waals surface area contributed by atoms with Crippen LogP contribution in [0.3, 0.4) is 0 Å².